The van der Waals surface area contributed by atoms with Gasteiger partial charge in [-0.1, -0.05) is 0 Å². The number of anilines is 2. The first-order valence-corrected chi connectivity index (χ1v) is 9.89. The molecule has 2 rings (SSSR count). The van der Waals surface area contributed by atoms with Crippen LogP contribution in [0.5, 0.6) is 0 Å². The van der Waals surface area contributed by atoms with Crippen molar-refractivity contribution < 1.29 is 0 Å². The van der Waals surface area contributed by atoms with Crippen LogP contribution in [0.4, 0.5) is 11.9 Å². The van der Waals surface area contributed by atoms with Crippen molar-refractivity contribution in [3.63, 3.8) is 0 Å². The van der Waals surface area contributed by atoms with Gasteiger partial charge in [-0.05, 0) is 43.9 Å². The fraction of sp³-hybridized carbons (Fsp3) is 0.714. The van der Waals surface area contributed by atoms with Gasteiger partial charge in [-0.15, -0.1) is 11.8 Å². The standard InChI is InChI=1S/C14H21ClN6S2/c1-14(2)9(8-16)21(10(23-14)6-7-22-5)13-18-11(15)17-12(19-13)20(3)4/h9-10H,6-7H2,1-5H3. The Bertz CT molecular complexity index is 603. The number of hydrogen-bond donors (Lipinski definition) is 0. The molecule has 1 aromatic rings. The van der Waals surface area contributed by atoms with Gasteiger partial charge in [0.25, 0.3) is 0 Å². The Kier molecular flexibility index (Phi) is 5.87. The molecule has 1 fully saturated rings. The highest BCUT2D eigenvalue weighted by molar-refractivity contribution is 8.01. The average molecular weight is 373 g/mol. The number of rotatable bonds is 5. The molecule has 0 N–H and O–H groups in total. The highest BCUT2D eigenvalue weighted by Crippen LogP contribution is 2.47. The first-order valence-electron chi connectivity index (χ1n) is 7.23. The Morgan fingerprint density at radius 3 is 2.65 bits per heavy atom. The fourth-order valence-electron chi connectivity index (χ4n) is 2.50. The molecule has 9 heteroatoms. The maximum Gasteiger partial charge on any atom is 0.233 e. The summed E-state index contributed by atoms with van der Waals surface area (Å²) >= 11 is 9.67. The number of nitrogens with zero attached hydrogens (tertiary/aromatic N) is 6. The zero-order valence-corrected chi connectivity index (χ0v) is 16.3. The molecule has 0 radical (unpaired) electrons. The number of nitriles is 1. The van der Waals surface area contributed by atoms with E-state index in [9.17, 15) is 5.26 Å². The SMILES string of the molecule is CSCCC1SC(C)(C)C(C#N)N1c1nc(Cl)nc(N(C)C)n1. The minimum Gasteiger partial charge on any atom is -0.347 e. The number of hydrogen-bond acceptors (Lipinski definition) is 8. The number of thioether (sulfide) groups is 2. The van der Waals surface area contributed by atoms with Crippen LogP contribution in [-0.4, -0.2) is 57.2 Å². The quantitative estimate of drug-likeness (QED) is 0.781. The summed E-state index contributed by atoms with van der Waals surface area (Å²) in [6, 6.07) is 2.11. The van der Waals surface area contributed by atoms with E-state index < -0.39 is 0 Å². The van der Waals surface area contributed by atoms with Gasteiger partial charge in [0.2, 0.25) is 17.2 Å². The second-order valence-corrected chi connectivity index (χ2v) is 9.15. The lowest BCUT2D eigenvalue weighted by atomic mass is 10.0. The van der Waals surface area contributed by atoms with Gasteiger partial charge in [0.15, 0.2) is 0 Å². The van der Waals surface area contributed by atoms with Gasteiger partial charge in [0.05, 0.1) is 11.4 Å². The lowest BCUT2D eigenvalue weighted by Crippen LogP contribution is -2.42. The van der Waals surface area contributed by atoms with Gasteiger partial charge < -0.3 is 9.80 Å². The molecule has 126 valence electrons. The molecule has 2 unspecified atom stereocenters. The van der Waals surface area contributed by atoms with Crippen LogP contribution in [0.2, 0.25) is 5.28 Å². The van der Waals surface area contributed by atoms with Gasteiger partial charge in [-0.2, -0.15) is 32.0 Å². The van der Waals surface area contributed by atoms with Gasteiger partial charge >= 0.3 is 0 Å². The number of halogens is 1. The zero-order chi connectivity index (χ0) is 17.2. The summed E-state index contributed by atoms with van der Waals surface area (Å²) in [6.07, 6.45) is 3.04. The molecule has 0 saturated carbocycles. The molecule has 0 amide bonds. The summed E-state index contributed by atoms with van der Waals surface area (Å²) in [5, 5.41) is 10.00. The largest absolute Gasteiger partial charge is 0.347 e. The molecular formula is C14H21ClN6S2. The molecule has 23 heavy (non-hydrogen) atoms. The molecule has 0 bridgehead atoms. The van der Waals surface area contributed by atoms with Crippen LogP contribution < -0.4 is 9.80 Å². The van der Waals surface area contributed by atoms with E-state index in [-0.39, 0.29) is 21.4 Å². The summed E-state index contributed by atoms with van der Waals surface area (Å²) in [7, 11) is 3.70. The fourth-order valence-corrected chi connectivity index (χ4v) is 4.82. The summed E-state index contributed by atoms with van der Waals surface area (Å²) < 4.78 is -0.199. The van der Waals surface area contributed by atoms with E-state index >= 15 is 0 Å². The highest BCUT2D eigenvalue weighted by atomic mass is 35.5. The van der Waals surface area contributed by atoms with E-state index in [1.807, 2.05) is 19.0 Å². The van der Waals surface area contributed by atoms with Gasteiger partial charge in [0, 0.05) is 18.8 Å². The smallest absolute Gasteiger partial charge is 0.233 e. The Labute approximate surface area is 151 Å². The van der Waals surface area contributed by atoms with Crippen molar-refractivity contribution >= 4 is 47.0 Å². The van der Waals surface area contributed by atoms with Crippen molar-refractivity contribution in [2.24, 2.45) is 0 Å². The Morgan fingerprint density at radius 2 is 2.09 bits per heavy atom. The average Bonchev–Trinajstić information content (AvgIpc) is 2.74. The summed E-state index contributed by atoms with van der Waals surface area (Å²) in [6.45, 7) is 4.18. The molecule has 1 saturated heterocycles. The maximum atomic E-state index is 9.70. The Morgan fingerprint density at radius 1 is 1.39 bits per heavy atom. The Hall–Kier alpha value is -0.910. The maximum absolute atomic E-state index is 9.70. The third-order valence-electron chi connectivity index (χ3n) is 3.59. The third kappa shape index (κ3) is 3.95. The molecule has 0 aliphatic carbocycles. The van der Waals surface area contributed by atoms with Gasteiger partial charge in [-0.25, -0.2) is 0 Å². The minimum atomic E-state index is -0.312. The van der Waals surface area contributed by atoms with Crippen LogP contribution >= 0.6 is 35.1 Å². The molecule has 6 nitrogen and oxygen atoms in total. The topological polar surface area (TPSA) is 68.9 Å². The summed E-state index contributed by atoms with van der Waals surface area (Å²) in [4.78, 5) is 16.7. The van der Waals surface area contributed by atoms with E-state index in [1.165, 1.54) is 0 Å². The van der Waals surface area contributed by atoms with Crippen LogP contribution in [0, 0.1) is 11.3 Å². The van der Waals surface area contributed by atoms with Crippen molar-refractivity contribution in [1.29, 1.82) is 5.26 Å². The monoisotopic (exact) mass is 372 g/mol. The minimum absolute atomic E-state index is 0.147. The van der Waals surface area contributed by atoms with Crippen LogP contribution in [-0.2, 0) is 0 Å². The molecular weight excluding hydrogens is 352 g/mol. The van der Waals surface area contributed by atoms with Crippen LogP contribution in [0.25, 0.3) is 0 Å². The van der Waals surface area contributed by atoms with Crippen molar-refractivity contribution in [1.82, 2.24) is 15.0 Å². The zero-order valence-electron chi connectivity index (χ0n) is 13.9. The third-order valence-corrected chi connectivity index (χ3v) is 5.97. The van der Waals surface area contributed by atoms with Crippen LogP contribution in [0.3, 0.4) is 0 Å². The summed E-state index contributed by atoms with van der Waals surface area (Å²) in [5.41, 5.74) is 0. The molecule has 1 aromatic heterocycles. The van der Waals surface area contributed by atoms with Gasteiger partial charge in [-0.3, -0.25) is 0 Å². The van der Waals surface area contributed by atoms with Crippen LogP contribution in [0.15, 0.2) is 0 Å². The van der Waals surface area contributed by atoms with E-state index in [2.05, 4.69) is 41.1 Å². The summed E-state index contributed by atoms with van der Waals surface area (Å²) in [5.74, 6) is 1.99. The lowest BCUT2D eigenvalue weighted by molar-refractivity contribution is 0.588. The van der Waals surface area contributed by atoms with Gasteiger partial charge in [0.1, 0.15) is 6.04 Å². The predicted octanol–water partition coefficient (Wildman–Crippen LogP) is 2.89. The highest BCUT2D eigenvalue weighted by Gasteiger charge is 2.48. The Balaban J connectivity index is 2.45. The number of aromatic nitrogens is 3. The van der Waals surface area contributed by atoms with E-state index in [1.54, 1.807) is 28.4 Å². The first-order chi connectivity index (χ1) is 10.8. The molecule has 1 aliphatic rings. The molecule has 0 spiro atoms. The molecule has 2 heterocycles. The molecule has 2 atom stereocenters. The van der Waals surface area contributed by atoms with Crippen molar-refractivity contribution in [2.45, 2.75) is 36.4 Å². The van der Waals surface area contributed by atoms with E-state index in [0.717, 1.165) is 12.2 Å². The normalized spacial score (nSPS) is 22.9. The lowest BCUT2D eigenvalue weighted by Gasteiger charge is -2.28. The predicted molar refractivity (Wildman–Crippen MR) is 99.5 cm³/mol. The second-order valence-electron chi connectivity index (χ2n) is 6.00. The van der Waals surface area contributed by atoms with Crippen molar-refractivity contribution in [2.75, 3.05) is 35.9 Å². The van der Waals surface area contributed by atoms with Crippen molar-refractivity contribution in [3.05, 3.63) is 5.28 Å². The van der Waals surface area contributed by atoms with Crippen molar-refractivity contribution in [3.8, 4) is 6.07 Å². The molecule has 0 aromatic carbocycles. The first kappa shape index (κ1) is 18.4. The van der Waals surface area contributed by atoms with E-state index in [4.69, 9.17) is 11.6 Å². The van der Waals surface area contributed by atoms with E-state index in [0.29, 0.717) is 11.9 Å². The van der Waals surface area contributed by atoms with Crippen LogP contribution in [0.1, 0.15) is 20.3 Å². The second kappa shape index (κ2) is 7.32. The molecule has 1 aliphatic heterocycles.